The molecule has 0 bridgehead atoms. The molecule has 3 atom stereocenters. The summed E-state index contributed by atoms with van der Waals surface area (Å²) in [5, 5.41) is 0. The highest BCUT2D eigenvalue weighted by Crippen LogP contribution is 2.41. The number of rotatable bonds is 7. The lowest BCUT2D eigenvalue weighted by Crippen LogP contribution is -2.39. The van der Waals surface area contributed by atoms with Crippen LogP contribution in [0.15, 0.2) is 48.5 Å². The van der Waals surface area contributed by atoms with Crippen LogP contribution in [0.5, 0.6) is 0 Å². The number of Topliss-reactive ketones (excluding diaryl/α,β-unsaturated/α-hetero) is 2. The minimum Gasteiger partial charge on any atom is -0.465 e. The Kier molecular flexibility index (Phi) is 7.37. The molecular formula is C26H29FO4. The van der Waals surface area contributed by atoms with Gasteiger partial charge in [0.2, 0.25) is 0 Å². The van der Waals surface area contributed by atoms with Gasteiger partial charge in [0.25, 0.3) is 0 Å². The number of fused-ring (bicyclic) bond motifs is 1. The van der Waals surface area contributed by atoms with Gasteiger partial charge < -0.3 is 4.74 Å². The van der Waals surface area contributed by atoms with Gasteiger partial charge in [-0.1, -0.05) is 50.2 Å². The quantitative estimate of drug-likeness (QED) is 0.350. The van der Waals surface area contributed by atoms with Crippen LogP contribution in [-0.4, -0.2) is 24.1 Å². The van der Waals surface area contributed by atoms with Crippen molar-refractivity contribution in [3.05, 3.63) is 71.0 Å². The normalized spacial score (nSPS) is 18.1. The zero-order valence-corrected chi connectivity index (χ0v) is 18.3. The zero-order chi connectivity index (χ0) is 22.5. The van der Waals surface area contributed by atoms with Crippen molar-refractivity contribution in [1.29, 1.82) is 0 Å². The molecule has 0 aromatic heterocycles. The van der Waals surface area contributed by atoms with Gasteiger partial charge in [-0.25, -0.2) is 4.39 Å². The van der Waals surface area contributed by atoms with E-state index in [1.807, 2.05) is 18.2 Å². The first-order chi connectivity index (χ1) is 14.8. The van der Waals surface area contributed by atoms with Gasteiger partial charge in [-0.3, -0.25) is 14.4 Å². The predicted molar refractivity (Wildman–Crippen MR) is 116 cm³/mol. The smallest absolute Gasteiger partial charge is 0.317 e. The molecule has 1 aliphatic rings. The maximum atomic E-state index is 13.7. The topological polar surface area (TPSA) is 60.4 Å². The molecule has 164 valence electrons. The fraction of sp³-hybridized carbons (Fsp3) is 0.423. The molecular weight excluding hydrogens is 395 g/mol. The van der Waals surface area contributed by atoms with Crippen molar-refractivity contribution >= 4 is 17.5 Å². The summed E-state index contributed by atoms with van der Waals surface area (Å²) in [6.45, 7) is 5.30. The molecule has 0 aliphatic heterocycles. The van der Waals surface area contributed by atoms with Crippen LogP contribution in [0.1, 0.15) is 61.0 Å². The Bertz CT molecular complexity index is 948. The number of carbonyl (C=O) groups is 3. The molecule has 3 rings (SSSR count). The van der Waals surface area contributed by atoms with Crippen LogP contribution < -0.4 is 0 Å². The van der Waals surface area contributed by atoms with Crippen LogP contribution in [-0.2, 0) is 20.7 Å². The second-order valence-corrected chi connectivity index (χ2v) is 8.38. The lowest BCUT2D eigenvalue weighted by Gasteiger charge is -2.32. The first-order valence-corrected chi connectivity index (χ1v) is 10.9. The maximum Gasteiger partial charge on any atom is 0.317 e. The minimum absolute atomic E-state index is 0.0757. The third-order valence-electron chi connectivity index (χ3n) is 6.04. The number of halogens is 1. The highest BCUT2D eigenvalue weighted by molar-refractivity contribution is 6.04. The zero-order valence-electron chi connectivity index (χ0n) is 18.3. The van der Waals surface area contributed by atoms with E-state index in [1.165, 1.54) is 12.1 Å². The van der Waals surface area contributed by atoms with E-state index in [4.69, 9.17) is 4.74 Å². The Morgan fingerprint density at radius 3 is 2.42 bits per heavy atom. The first-order valence-electron chi connectivity index (χ1n) is 10.9. The van der Waals surface area contributed by atoms with Gasteiger partial charge in [0.15, 0.2) is 5.78 Å². The molecule has 2 aromatic rings. The van der Waals surface area contributed by atoms with Crippen molar-refractivity contribution in [3.8, 4) is 0 Å². The molecule has 0 N–H and O–H groups in total. The van der Waals surface area contributed by atoms with Gasteiger partial charge in [-0.05, 0) is 49.4 Å². The van der Waals surface area contributed by atoms with E-state index in [2.05, 4.69) is 0 Å². The summed E-state index contributed by atoms with van der Waals surface area (Å²) in [7, 11) is 0. The van der Waals surface area contributed by atoms with Crippen molar-refractivity contribution in [2.24, 2.45) is 17.8 Å². The molecule has 5 heteroatoms. The van der Waals surface area contributed by atoms with Crippen molar-refractivity contribution in [2.45, 2.75) is 46.0 Å². The third-order valence-corrected chi connectivity index (χ3v) is 6.04. The molecule has 1 aliphatic carbocycles. The summed E-state index contributed by atoms with van der Waals surface area (Å²) in [6, 6.07) is 13.3. The van der Waals surface area contributed by atoms with Crippen LogP contribution in [0.3, 0.4) is 0 Å². The van der Waals surface area contributed by atoms with E-state index in [0.717, 1.165) is 18.4 Å². The third kappa shape index (κ3) is 4.92. The number of aryl methyl sites for hydroxylation is 1. The van der Waals surface area contributed by atoms with E-state index < -0.39 is 35.5 Å². The van der Waals surface area contributed by atoms with Gasteiger partial charge in [0, 0.05) is 23.3 Å². The standard InChI is InChI=1S/C26H29FO4/c1-4-31-26(30)23(24(28)16(2)3)22(18-12-14-19(27)15-13-18)21-11-7-9-17-8-5-6-10-20(17)25(21)29/h5-6,8,10,12-16,21-23H,4,7,9,11H2,1-3H3. The molecule has 0 radical (unpaired) electrons. The largest absolute Gasteiger partial charge is 0.465 e. The van der Waals surface area contributed by atoms with E-state index in [9.17, 15) is 18.8 Å². The van der Waals surface area contributed by atoms with Gasteiger partial charge in [-0.2, -0.15) is 0 Å². The molecule has 4 nitrogen and oxygen atoms in total. The second-order valence-electron chi connectivity index (χ2n) is 8.38. The van der Waals surface area contributed by atoms with Crippen molar-refractivity contribution in [3.63, 3.8) is 0 Å². The van der Waals surface area contributed by atoms with Crippen LogP contribution in [0.2, 0.25) is 0 Å². The number of hydrogen-bond donors (Lipinski definition) is 0. The number of ether oxygens (including phenoxy) is 1. The summed E-state index contributed by atoms with van der Waals surface area (Å²) in [5.74, 6) is -4.20. The summed E-state index contributed by atoms with van der Waals surface area (Å²) in [4.78, 5) is 39.9. The van der Waals surface area contributed by atoms with Gasteiger partial charge in [-0.15, -0.1) is 0 Å². The molecule has 0 spiro atoms. The van der Waals surface area contributed by atoms with Crippen LogP contribution in [0.25, 0.3) is 0 Å². The van der Waals surface area contributed by atoms with Gasteiger partial charge in [0.05, 0.1) is 6.61 Å². The molecule has 0 fully saturated rings. The summed E-state index contributed by atoms with van der Waals surface area (Å²) < 4.78 is 19.0. The fourth-order valence-corrected chi connectivity index (χ4v) is 4.54. The Morgan fingerprint density at radius 2 is 1.77 bits per heavy atom. The summed E-state index contributed by atoms with van der Waals surface area (Å²) in [5.41, 5.74) is 2.22. The Hall–Kier alpha value is -2.82. The second kappa shape index (κ2) is 9.99. The minimum atomic E-state index is -1.12. The molecule has 0 heterocycles. The van der Waals surface area contributed by atoms with Crippen molar-refractivity contribution < 1.29 is 23.5 Å². The molecule has 3 unspecified atom stereocenters. The molecule has 31 heavy (non-hydrogen) atoms. The average molecular weight is 425 g/mol. The van der Waals surface area contributed by atoms with Gasteiger partial charge in [0.1, 0.15) is 17.5 Å². The lowest BCUT2D eigenvalue weighted by atomic mass is 9.70. The van der Waals surface area contributed by atoms with Crippen molar-refractivity contribution in [2.75, 3.05) is 6.61 Å². The highest BCUT2D eigenvalue weighted by Gasteiger charge is 2.45. The average Bonchev–Trinajstić information content (AvgIpc) is 2.91. The SMILES string of the molecule is CCOC(=O)C(C(=O)C(C)C)C(c1ccc(F)cc1)C1CCCc2ccccc2C1=O. The monoisotopic (exact) mass is 424 g/mol. The lowest BCUT2D eigenvalue weighted by molar-refractivity contribution is -0.154. The Balaban J connectivity index is 2.15. The predicted octanol–water partition coefficient (Wildman–Crippen LogP) is 5.15. The molecule has 0 saturated carbocycles. The van der Waals surface area contributed by atoms with E-state index in [1.54, 1.807) is 39.0 Å². The Morgan fingerprint density at radius 1 is 1.10 bits per heavy atom. The van der Waals surface area contributed by atoms with E-state index in [0.29, 0.717) is 17.5 Å². The number of benzene rings is 2. The fourth-order valence-electron chi connectivity index (χ4n) is 4.54. The summed E-state index contributed by atoms with van der Waals surface area (Å²) >= 11 is 0. The van der Waals surface area contributed by atoms with E-state index in [-0.39, 0.29) is 18.2 Å². The van der Waals surface area contributed by atoms with Crippen LogP contribution in [0, 0.1) is 23.6 Å². The first kappa shape index (κ1) is 22.9. The van der Waals surface area contributed by atoms with Crippen LogP contribution in [0.4, 0.5) is 4.39 Å². The molecule has 0 amide bonds. The van der Waals surface area contributed by atoms with Crippen LogP contribution >= 0.6 is 0 Å². The number of carbonyl (C=O) groups excluding carboxylic acids is 3. The Labute approximate surface area is 182 Å². The van der Waals surface area contributed by atoms with E-state index >= 15 is 0 Å². The number of esters is 1. The molecule has 0 saturated heterocycles. The number of hydrogen-bond acceptors (Lipinski definition) is 4. The van der Waals surface area contributed by atoms with Crippen molar-refractivity contribution in [1.82, 2.24) is 0 Å². The maximum absolute atomic E-state index is 13.7. The van der Waals surface area contributed by atoms with Gasteiger partial charge >= 0.3 is 5.97 Å². The summed E-state index contributed by atoms with van der Waals surface area (Å²) in [6.07, 6.45) is 2.06. The highest BCUT2D eigenvalue weighted by atomic mass is 19.1. The number of ketones is 2. The molecule has 2 aromatic carbocycles.